The standard InChI is InChI=1S/C22H33N3O3S.K/c1-3-17(4-2)25-12-11-18(14-25)29(27,28)24-22(26)23-21-19-9-5-7-15(19)13-16-8-6-10-20(16)21;/h13,17-18H,3-12,14H2,1-2H3,(H2,23,24,26);/q;+1/p-1. The summed E-state index contributed by atoms with van der Waals surface area (Å²) in [5.41, 5.74) is 5.84. The summed E-state index contributed by atoms with van der Waals surface area (Å²) in [6.07, 6.45) is 8.69. The average Bonchev–Trinajstić information content (AvgIpc) is 3.42. The molecule has 0 radical (unpaired) electrons. The van der Waals surface area contributed by atoms with Gasteiger partial charge in [-0.15, -0.1) is 0 Å². The Balaban J connectivity index is 0.00000256. The second-order valence-corrected chi connectivity index (χ2v) is 10.5. The molecule has 1 aliphatic heterocycles. The molecule has 1 aromatic rings. The average molecular weight is 458 g/mol. The summed E-state index contributed by atoms with van der Waals surface area (Å²) in [5.74, 6) is 0. The molecule has 1 N–H and O–H groups in total. The van der Waals surface area contributed by atoms with E-state index in [0.717, 1.165) is 63.6 Å². The molecule has 160 valence electrons. The van der Waals surface area contributed by atoms with Crippen LogP contribution in [0.4, 0.5) is 10.5 Å². The van der Waals surface area contributed by atoms with Gasteiger partial charge < -0.3 is 10.0 Å². The van der Waals surface area contributed by atoms with Crippen LogP contribution in [0.2, 0.25) is 0 Å². The maximum atomic E-state index is 12.8. The summed E-state index contributed by atoms with van der Waals surface area (Å²) in [5, 5.41) is 2.30. The van der Waals surface area contributed by atoms with E-state index in [1.807, 2.05) is 0 Å². The molecule has 6 nitrogen and oxygen atoms in total. The van der Waals surface area contributed by atoms with Crippen LogP contribution in [0.3, 0.4) is 0 Å². The number of urea groups is 1. The van der Waals surface area contributed by atoms with Gasteiger partial charge in [0.25, 0.3) is 0 Å². The summed E-state index contributed by atoms with van der Waals surface area (Å²) in [4.78, 5) is 14.9. The number of fused-ring (bicyclic) bond motifs is 2. The van der Waals surface area contributed by atoms with Crippen molar-refractivity contribution in [1.82, 2.24) is 4.90 Å². The number of nitrogens with one attached hydrogen (secondary N) is 1. The SMILES string of the molecule is CCC(CC)N1CCC(S(=O)(=O)[N-]C(=O)Nc2c3c(cc4c2CCC4)CCC3)C1.[K+]. The first-order valence-electron chi connectivity index (χ1n) is 11.1. The Labute approximate surface area is 223 Å². The van der Waals surface area contributed by atoms with E-state index in [9.17, 15) is 13.2 Å². The summed E-state index contributed by atoms with van der Waals surface area (Å²) < 4.78 is 29.3. The van der Waals surface area contributed by atoms with Gasteiger partial charge in [0.1, 0.15) is 0 Å². The number of hydrogen-bond acceptors (Lipinski definition) is 4. The summed E-state index contributed by atoms with van der Waals surface area (Å²) in [6.45, 7) is 5.49. The topological polar surface area (TPSA) is 80.6 Å². The van der Waals surface area contributed by atoms with Crippen molar-refractivity contribution in [3.8, 4) is 0 Å². The number of rotatable bonds is 6. The summed E-state index contributed by atoms with van der Waals surface area (Å²) >= 11 is 0. The molecule has 0 bridgehead atoms. The van der Waals surface area contributed by atoms with Crippen LogP contribution in [0.5, 0.6) is 0 Å². The zero-order valence-electron chi connectivity index (χ0n) is 18.5. The fourth-order valence-electron chi connectivity index (χ4n) is 5.42. The zero-order valence-corrected chi connectivity index (χ0v) is 22.5. The number of carbonyl (C=O) groups excluding carboxylic acids is 1. The molecule has 1 atom stereocenters. The van der Waals surface area contributed by atoms with Gasteiger partial charge >= 0.3 is 51.4 Å². The molecule has 1 fully saturated rings. The van der Waals surface area contributed by atoms with E-state index in [0.29, 0.717) is 19.0 Å². The molecule has 0 aromatic heterocycles. The monoisotopic (exact) mass is 457 g/mol. The van der Waals surface area contributed by atoms with Crippen molar-refractivity contribution < 1.29 is 64.6 Å². The molecular formula is C22H32KN3O3S. The predicted molar refractivity (Wildman–Crippen MR) is 116 cm³/mol. The number of nitrogens with zero attached hydrogens (tertiary/aromatic N) is 2. The van der Waals surface area contributed by atoms with Gasteiger partial charge in [0.15, 0.2) is 16.1 Å². The molecule has 1 heterocycles. The fourth-order valence-corrected chi connectivity index (χ4v) is 6.63. The van der Waals surface area contributed by atoms with Crippen molar-refractivity contribution in [1.29, 1.82) is 0 Å². The van der Waals surface area contributed by atoms with Crippen molar-refractivity contribution in [2.45, 2.75) is 82.9 Å². The molecule has 30 heavy (non-hydrogen) atoms. The quantitative estimate of drug-likeness (QED) is 0.650. The van der Waals surface area contributed by atoms with Gasteiger partial charge in [-0.2, -0.15) is 0 Å². The normalized spacial score (nSPS) is 20.7. The Morgan fingerprint density at radius 1 is 1.13 bits per heavy atom. The second-order valence-electron chi connectivity index (χ2n) is 8.65. The minimum absolute atomic E-state index is 0. The van der Waals surface area contributed by atoms with Crippen LogP contribution in [-0.2, 0) is 35.7 Å². The van der Waals surface area contributed by atoms with Gasteiger partial charge in [0.05, 0.1) is 5.25 Å². The molecule has 4 rings (SSSR count). The molecule has 0 spiro atoms. The third-order valence-corrected chi connectivity index (χ3v) is 8.62. The van der Waals surface area contributed by atoms with Gasteiger partial charge in [-0.3, -0.25) is 9.69 Å². The predicted octanol–water partition coefficient (Wildman–Crippen LogP) is 1.17. The molecule has 1 aromatic carbocycles. The van der Waals surface area contributed by atoms with Crippen LogP contribution in [0.25, 0.3) is 4.72 Å². The number of sulfonamides is 1. The first-order valence-corrected chi connectivity index (χ1v) is 12.6. The first kappa shape index (κ1) is 24.7. The van der Waals surface area contributed by atoms with Crippen molar-refractivity contribution in [3.63, 3.8) is 0 Å². The van der Waals surface area contributed by atoms with E-state index in [4.69, 9.17) is 0 Å². The summed E-state index contributed by atoms with van der Waals surface area (Å²) in [6, 6.07) is 1.96. The Bertz CT molecular complexity index is 867. The Hall–Kier alpha value is 0.0364. The van der Waals surface area contributed by atoms with E-state index < -0.39 is 21.3 Å². The molecule has 8 heteroatoms. The molecule has 3 aliphatic rings. The van der Waals surface area contributed by atoms with Crippen LogP contribution in [0.1, 0.15) is 68.2 Å². The van der Waals surface area contributed by atoms with E-state index in [1.165, 1.54) is 22.3 Å². The number of carbonyl (C=O) groups is 1. The van der Waals surface area contributed by atoms with E-state index in [-0.39, 0.29) is 51.4 Å². The Morgan fingerprint density at radius 2 is 1.73 bits per heavy atom. The molecular weight excluding hydrogens is 425 g/mol. The number of hydrogen-bond donors (Lipinski definition) is 1. The van der Waals surface area contributed by atoms with Crippen molar-refractivity contribution in [3.05, 3.63) is 33.0 Å². The number of likely N-dealkylation sites (tertiary alicyclic amines) is 1. The molecule has 0 saturated carbocycles. The maximum Gasteiger partial charge on any atom is 1.00 e. The van der Waals surface area contributed by atoms with Crippen molar-refractivity contribution in [2.24, 2.45) is 0 Å². The van der Waals surface area contributed by atoms with Gasteiger partial charge in [-0.05, 0) is 92.3 Å². The zero-order chi connectivity index (χ0) is 20.6. The Morgan fingerprint density at radius 3 is 2.30 bits per heavy atom. The molecule has 1 saturated heterocycles. The van der Waals surface area contributed by atoms with Crippen LogP contribution in [-0.4, -0.2) is 43.7 Å². The molecule has 2 aliphatic carbocycles. The van der Waals surface area contributed by atoms with Gasteiger partial charge in [0.2, 0.25) is 0 Å². The number of anilines is 1. The minimum atomic E-state index is -3.82. The van der Waals surface area contributed by atoms with E-state index >= 15 is 0 Å². The van der Waals surface area contributed by atoms with Crippen LogP contribution < -0.4 is 56.7 Å². The van der Waals surface area contributed by atoms with Crippen LogP contribution in [0, 0.1) is 0 Å². The number of amides is 2. The van der Waals surface area contributed by atoms with Crippen LogP contribution >= 0.6 is 0 Å². The van der Waals surface area contributed by atoms with Crippen molar-refractivity contribution in [2.75, 3.05) is 18.4 Å². The largest absolute Gasteiger partial charge is 1.00 e. The minimum Gasteiger partial charge on any atom is -0.423 e. The summed E-state index contributed by atoms with van der Waals surface area (Å²) in [7, 11) is -3.82. The van der Waals surface area contributed by atoms with E-state index in [1.54, 1.807) is 0 Å². The third kappa shape index (κ3) is 5.00. The Kier molecular flexibility index (Phi) is 8.48. The maximum absolute atomic E-state index is 12.8. The smallest absolute Gasteiger partial charge is 0.423 e. The van der Waals surface area contributed by atoms with E-state index in [2.05, 4.69) is 34.9 Å². The number of benzene rings is 1. The van der Waals surface area contributed by atoms with Gasteiger partial charge in [-0.1, -0.05) is 19.9 Å². The fraction of sp³-hybridized carbons (Fsp3) is 0.682. The third-order valence-electron chi connectivity index (χ3n) is 6.97. The second kappa shape index (κ2) is 10.3. The number of aryl methyl sites for hydroxylation is 2. The molecule has 1 unspecified atom stereocenters. The van der Waals surface area contributed by atoms with Gasteiger partial charge in [0, 0.05) is 12.6 Å². The van der Waals surface area contributed by atoms with Gasteiger partial charge in [-0.25, -0.2) is 8.42 Å². The van der Waals surface area contributed by atoms with Crippen LogP contribution in [0.15, 0.2) is 6.07 Å². The van der Waals surface area contributed by atoms with Crippen molar-refractivity contribution >= 4 is 21.7 Å². The molecule has 2 amide bonds. The first-order chi connectivity index (χ1) is 13.9.